The van der Waals surface area contributed by atoms with Crippen LogP contribution in [0, 0.1) is 5.92 Å². The quantitative estimate of drug-likeness (QED) is 0.591. The number of carbonyl (C=O) groups is 1. The standard InChI is InChI=1S/C11H17NO2/c1-8-5-6-9(2)11(13)12(4)14-10(3)7-8/h5-7,9-10H,1-4H3/b6-5-,8-7-/t9-,10?/m1/s1. The second-order valence-corrected chi connectivity index (χ2v) is 3.70. The van der Waals surface area contributed by atoms with Crippen molar-refractivity contribution in [1.29, 1.82) is 0 Å². The third kappa shape index (κ3) is 2.70. The van der Waals surface area contributed by atoms with Gasteiger partial charge in [-0.25, -0.2) is 5.06 Å². The summed E-state index contributed by atoms with van der Waals surface area (Å²) in [6, 6.07) is 0. The zero-order valence-corrected chi connectivity index (χ0v) is 9.15. The summed E-state index contributed by atoms with van der Waals surface area (Å²) in [7, 11) is 1.65. The Balaban J connectivity index is 2.89. The Labute approximate surface area is 85.0 Å². The van der Waals surface area contributed by atoms with Gasteiger partial charge in [-0.2, -0.15) is 0 Å². The third-order valence-corrected chi connectivity index (χ3v) is 2.17. The van der Waals surface area contributed by atoms with Crippen LogP contribution < -0.4 is 0 Å². The average molecular weight is 195 g/mol. The largest absolute Gasteiger partial charge is 0.272 e. The molecule has 0 radical (unpaired) electrons. The van der Waals surface area contributed by atoms with Gasteiger partial charge in [0.15, 0.2) is 0 Å². The fourth-order valence-corrected chi connectivity index (χ4v) is 1.42. The summed E-state index contributed by atoms with van der Waals surface area (Å²) in [4.78, 5) is 17.0. The number of amides is 1. The van der Waals surface area contributed by atoms with Gasteiger partial charge in [-0.05, 0) is 20.8 Å². The maximum absolute atomic E-state index is 11.6. The molecule has 2 atom stereocenters. The Morgan fingerprint density at radius 3 is 2.71 bits per heavy atom. The maximum Gasteiger partial charge on any atom is 0.252 e. The molecule has 1 aliphatic rings. The van der Waals surface area contributed by atoms with Crippen molar-refractivity contribution in [3.05, 3.63) is 23.8 Å². The zero-order valence-electron chi connectivity index (χ0n) is 9.15. The van der Waals surface area contributed by atoms with Gasteiger partial charge in [-0.15, -0.1) is 0 Å². The normalized spacial score (nSPS) is 35.3. The highest BCUT2D eigenvalue weighted by Crippen LogP contribution is 2.11. The summed E-state index contributed by atoms with van der Waals surface area (Å²) in [6.45, 7) is 5.78. The van der Waals surface area contributed by atoms with Crippen molar-refractivity contribution in [2.75, 3.05) is 7.05 Å². The van der Waals surface area contributed by atoms with Crippen LogP contribution in [0.2, 0.25) is 0 Å². The fourth-order valence-electron chi connectivity index (χ4n) is 1.42. The van der Waals surface area contributed by atoms with Gasteiger partial charge in [0.1, 0.15) is 6.10 Å². The van der Waals surface area contributed by atoms with E-state index in [1.807, 2.05) is 39.0 Å². The van der Waals surface area contributed by atoms with Crippen LogP contribution in [-0.2, 0) is 9.63 Å². The number of hydrogen-bond donors (Lipinski definition) is 0. The molecule has 1 amide bonds. The van der Waals surface area contributed by atoms with Crippen LogP contribution in [0.3, 0.4) is 0 Å². The van der Waals surface area contributed by atoms with Gasteiger partial charge < -0.3 is 0 Å². The minimum absolute atomic E-state index is 0.0174. The molecule has 0 N–H and O–H groups in total. The first-order chi connectivity index (χ1) is 6.50. The van der Waals surface area contributed by atoms with E-state index in [4.69, 9.17) is 4.84 Å². The average Bonchev–Trinajstić information content (AvgIpc) is 2.14. The van der Waals surface area contributed by atoms with Gasteiger partial charge in [0.25, 0.3) is 5.91 Å². The van der Waals surface area contributed by atoms with E-state index < -0.39 is 0 Å². The molecule has 0 aromatic rings. The van der Waals surface area contributed by atoms with Crippen LogP contribution in [0.4, 0.5) is 0 Å². The number of rotatable bonds is 0. The van der Waals surface area contributed by atoms with Gasteiger partial charge in [-0.3, -0.25) is 9.63 Å². The van der Waals surface area contributed by atoms with E-state index in [-0.39, 0.29) is 17.9 Å². The van der Waals surface area contributed by atoms with Crippen LogP contribution in [0.15, 0.2) is 23.8 Å². The number of allylic oxidation sites excluding steroid dienone is 2. The maximum atomic E-state index is 11.6. The minimum Gasteiger partial charge on any atom is -0.272 e. The van der Waals surface area contributed by atoms with Crippen LogP contribution in [-0.4, -0.2) is 24.1 Å². The Kier molecular flexibility index (Phi) is 3.47. The Morgan fingerprint density at radius 2 is 2.07 bits per heavy atom. The molecule has 0 aromatic carbocycles. The van der Waals surface area contributed by atoms with Gasteiger partial charge in [0.2, 0.25) is 0 Å². The number of carbonyl (C=O) groups excluding carboxylic acids is 1. The summed E-state index contributed by atoms with van der Waals surface area (Å²) >= 11 is 0. The van der Waals surface area contributed by atoms with Crippen molar-refractivity contribution in [3.8, 4) is 0 Å². The lowest BCUT2D eigenvalue weighted by molar-refractivity contribution is -0.189. The van der Waals surface area contributed by atoms with E-state index in [9.17, 15) is 4.79 Å². The molecular formula is C11H17NO2. The molecule has 3 nitrogen and oxygen atoms in total. The molecule has 0 aliphatic carbocycles. The molecule has 0 saturated carbocycles. The van der Waals surface area contributed by atoms with E-state index in [0.717, 1.165) is 5.57 Å². The Hall–Kier alpha value is -1.09. The van der Waals surface area contributed by atoms with Crippen molar-refractivity contribution in [2.24, 2.45) is 5.92 Å². The third-order valence-electron chi connectivity index (χ3n) is 2.17. The number of hydroxylamine groups is 2. The van der Waals surface area contributed by atoms with E-state index in [1.165, 1.54) is 5.06 Å². The number of hydrogen-bond acceptors (Lipinski definition) is 2. The lowest BCUT2D eigenvalue weighted by Gasteiger charge is -2.21. The number of nitrogens with zero attached hydrogens (tertiary/aromatic N) is 1. The van der Waals surface area contributed by atoms with Crippen LogP contribution in [0.25, 0.3) is 0 Å². The molecule has 78 valence electrons. The van der Waals surface area contributed by atoms with Crippen molar-refractivity contribution < 1.29 is 9.63 Å². The molecule has 1 rings (SSSR count). The second-order valence-electron chi connectivity index (χ2n) is 3.70. The predicted octanol–water partition coefficient (Wildman–Crippen LogP) is 1.92. The summed E-state index contributed by atoms with van der Waals surface area (Å²) in [5, 5.41) is 1.31. The molecule has 14 heavy (non-hydrogen) atoms. The first-order valence-electron chi connectivity index (χ1n) is 4.81. The van der Waals surface area contributed by atoms with Gasteiger partial charge >= 0.3 is 0 Å². The minimum atomic E-state index is -0.131. The van der Waals surface area contributed by atoms with Crippen LogP contribution >= 0.6 is 0 Å². The molecule has 0 fully saturated rings. The van der Waals surface area contributed by atoms with Crippen molar-refractivity contribution in [2.45, 2.75) is 26.9 Å². The first-order valence-corrected chi connectivity index (χ1v) is 4.81. The smallest absolute Gasteiger partial charge is 0.252 e. The molecule has 0 aromatic heterocycles. The first kappa shape index (κ1) is 11.0. The zero-order chi connectivity index (χ0) is 10.7. The summed E-state index contributed by atoms with van der Waals surface area (Å²) in [6.07, 6.45) is 5.77. The molecule has 0 saturated heterocycles. The summed E-state index contributed by atoms with van der Waals surface area (Å²) in [5.41, 5.74) is 1.12. The molecule has 1 aliphatic heterocycles. The lowest BCUT2D eigenvalue weighted by Crippen LogP contribution is -2.33. The van der Waals surface area contributed by atoms with Crippen molar-refractivity contribution in [3.63, 3.8) is 0 Å². The van der Waals surface area contributed by atoms with Gasteiger partial charge in [0, 0.05) is 7.05 Å². The fraction of sp³-hybridized carbons (Fsp3) is 0.545. The Bertz CT molecular complexity index is 281. The highest BCUT2D eigenvalue weighted by Gasteiger charge is 2.18. The van der Waals surface area contributed by atoms with E-state index >= 15 is 0 Å². The van der Waals surface area contributed by atoms with Crippen LogP contribution in [0.5, 0.6) is 0 Å². The van der Waals surface area contributed by atoms with E-state index in [0.29, 0.717) is 0 Å². The lowest BCUT2D eigenvalue weighted by atomic mass is 10.1. The van der Waals surface area contributed by atoms with E-state index in [2.05, 4.69) is 0 Å². The topological polar surface area (TPSA) is 29.5 Å². The Morgan fingerprint density at radius 1 is 1.43 bits per heavy atom. The molecule has 1 unspecified atom stereocenters. The van der Waals surface area contributed by atoms with Crippen molar-refractivity contribution in [1.82, 2.24) is 5.06 Å². The molecule has 0 bridgehead atoms. The van der Waals surface area contributed by atoms with Crippen LogP contribution in [0.1, 0.15) is 20.8 Å². The van der Waals surface area contributed by atoms with Gasteiger partial charge in [-0.1, -0.05) is 23.8 Å². The highest BCUT2D eigenvalue weighted by molar-refractivity contribution is 5.79. The SMILES string of the molecule is CC1=C/C(C)ON(C)C(=O)[C@H](C)/C=C\1. The molecule has 0 spiro atoms. The summed E-state index contributed by atoms with van der Waals surface area (Å²) in [5.74, 6) is -0.148. The molecule has 1 heterocycles. The van der Waals surface area contributed by atoms with Gasteiger partial charge in [0.05, 0.1) is 5.92 Å². The monoisotopic (exact) mass is 195 g/mol. The van der Waals surface area contributed by atoms with E-state index in [1.54, 1.807) is 7.05 Å². The summed E-state index contributed by atoms with van der Waals surface area (Å²) < 4.78 is 0. The molecule has 3 heteroatoms. The second kappa shape index (κ2) is 4.42. The molecular weight excluding hydrogens is 178 g/mol. The highest BCUT2D eigenvalue weighted by atomic mass is 16.7. The van der Waals surface area contributed by atoms with Crippen molar-refractivity contribution >= 4 is 5.91 Å². The predicted molar refractivity (Wildman–Crippen MR) is 55.4 cm³/mol.